The zero-order chi connectivity index (χ0) is 15.1. The Morgan fingerprint density at radius 1 is 1.33 bits per heavy atom. The molecule has 114 valence electrons. The fraction of sp³-hybridized carbons (Fsp3) is 0.588. The first-order chi connectivity index (χ1) is 10.1. The van der Waals surface area contributed by atoms with Crippen LogP contribution in [0.1, 0.15) is 37.8 Å². The van der Waals surface area contributed by atoms with E-state index in [9.17, 15) is 4.79 Å². The highest BCUT2D eigenvalue weighted by Gasteiger charge is 2.74. The van der Waals surface area contributed by atoms with E-state index in [0.29, 0.717) is 13.0 Å². The van der Waals surface area contributed by atoms with Crippen LogP contribution in [0.4, 0.5) is 0 Å². The number of rotatable bonds is 4. The van der Waals surface area contributed by atoms with E-state index in [1.54, 1.807) is 7.11 Å². The highest BCUT2D eigenvalue weighted by atomic mass is 16.7. The average Bonchev–Trinajstić information content (AvgIpc) is 3.14. The monoisotopic (exact) mass is 290 g/mol. The third-order valence-corrected chi connectivity index (χ3v) is 4.85. The van der Waals surface area contributed by atoms with E-state index in [1.165, 1.54) is 11.1 Å². The number of carbonyl (C=O) groups is 1. The third kappa shape index (κ3) is 2.04. The summed E-state index contributed by atoms with van der Waals surface area (Å²) < 4.78 is 16.5. The van der Waals surface area contributed by atoms with Crippen molar-refractivity contribution >= 4 is 5.97 Å². The van der Waals surface area contributed by atoms with Gasteiger partial charge in [-0.25, -0.2) is 4.79 Å². The summed E-state index contributed by atoms with van der Waals surface area (Å²) in [7, 11) is 1.67. The van der Waals surface area contributed by atoms with Gasteiger partial charge in [0.15, 0.2) is 5.60 Å². The van der Waals surface area contributed by atoms with Crippen molar-refractivity contribution in [3.05, 3.63) is 29.3 Å². The number of aryl methyl sites for hydroxylation is 1. The topological polar surface area (TPSA) is 48.1 Å². The van der Waals surface area contributed by atoms with Crippen molar-refractivity contribution in [1.29, 1.82) is 0 Å². The van der Waals surface area contributed by atoms with Crippen LogP contribution in [0.5, 0.6) is 5.75 Å². The molecule has 0 bridgehead atoms. The fourth-order valence-corrected chi connectivity index (χ4v) is 3.62. The molecule has 4 nitrogen and oxygen atoms in total. The molecule has 0 saturated carbocycles. The number of methoxy groups -OCH3 is 1. The quantitative estimate of drug-likeness (QED) is 0.632. The highest BCUT2D eigenvalue weighted by molar-refractivity contribution is 5.85. The maximum absolute atomic E-state index is 12.3. The largest absolute Gasteiger partial charge is 0.497 e. The number of hydrogen-bond donors (Lipinski definition) is 0. The molecule has 3 rings (SSSR count). The molecule has 1 heterocycles. The van der Waals surface area contributed by atoms with Gasteiger partial charge in [0, 0.05) is 6.42 Å². The zero-order valence-electron chi connectivity index (χ0n) is 12.9. The van der Waals surface area contributed by atoms with Crippen LogP contribution in [0.3, 0.4) is 0 Å². The van der Waals surface area contributed by atoms with Gasteiger partial charge in [-0.15, -0.1) is 0 Å². The van der Waals surface area contributed by atoms with Crippen LogP contribution in [-0.4, -0.2) is 30.9 Å². The maximum Gasteiger partial charge on any atom is 0.341 e. The SMILES string of the molecule is CCOC(=O)C1(CC)OC12CCc1ccc(OC)cc1C2. The molecule has 0 amide bonds. The molecular formula is C17H22O4. The van der Waals surface area contributed by atoms with E-state index in [4.69, 9.17) is 14.2 Å². The van der Waals surface area contributed by atoms with Gasteiger partial charge in [0.1, 0.15) is 11.4 Å². The maximum atomic E-state index is 12.3. The summed E-state index contributed by atoms with van der Waals surface area (Å²) >= 11 is 0. The van der Waals surface area contributed by atoms with Crippen molar-refractivity contribution < 1.29 is 19.0 Å². The third-order valence-electron chi connectivity index (χ3n) is 4.85. The van der Waals surface area contributed by atoms with Crippen LogP contribution in [0.25, 0.3) is 0 Å². The van der Waals surface area contributed by atoms with E-state index >= 15 is 0 Å². The second kappa shape index (κ2) is 5.02. The Kier molecular flexibility index (Phi) is 3.44. The Labute approximate surface area is 125 Å². The first kappa shape index (κ1) is 14.4. The summed E-state index contributed by atoms with van der Waals surface area (Å²) in [6.45, 7) is 4.22. The smallest absolute Gasteiger partial charge is 0.341 e. The van der Waals surface area contributed by atoms with E-state index in [2.05, 4.69) is 12.1 Å². The lowest BCUT2D eigenvalue weighted by atomic mass is 9.76. The lowest BCUT2D eigenvalue weighted by Gasteiger charge is -2.25. The number of fused-ring (bicyclic) bond motifs is 1. The summed E-state index contributed by atoms with van der Waals surface area (Å²) in [5, 5.41) is 0. The Morgan fingerprint density at radius 2 is 2.14 bits per heavy atom. The molecule has 0 N–H and O–H groups in total. The van der Waals surface area contributed by atoms with E-state index in [-0.39, 0.29) is 11.6 Å². The van der Waals surface area contributed by atoms with Crippen molar-refractivity contribution in [1.82, 2.24) is 0 Å². The van der Waals surface area contributed by atoms with Gasteiger partial charge in [0.2, 0.25) is 0 Å². The number of esters is 1. The Balaban J connectivity index is 1.87. The van der Waals surface area contributed by atoms with Gasteiger partial charge in [-0.2, -0.15) is 0 Å². The highest BCUT2D eigenvalue weighted by Crippen LogP contribution is 2.58. The predicted molar refractivity (Wildman–Crippen MR) is 78.5 cm³/mol. The van der Waals surface area contributed by atoms with Crippen molar-refractivity contribution in [2.24, 2.45) is 0 Å². The second-order valence-electron chi connectivity index (χ2n) is 5.81. The summed E-state index contributed by atoms with van der Waals surface area (Å²) in [6, 6.07) is 6.16. The molecule has 1 aromatic carbocycles. The summed E-state index contributed by atoms with van der Waals surface area (Å²) in [4.78, 5) is 12.3. The summed E-state index contributed by atoms with van der Waals surface area (Å²) in [6.07, 6.45) is 3.22. The first-order valence-corrected chi connectivity index (χ1v) is 7.64. The molecule has 1 saturated heterocycles. The summed E-state index contributed by atoms with van der Waals surface area (Å²) in [5.74, 6) is 0.642. The van der Waals surface area contributed by atoms with Gasteiger partial charge in [-0.3, -0.25) is 0 Å². The molecule has 2 unspecified atom stereocenters. The standard InChI is InChI=1S/C17H22O4/c1-4-17(15(18)20-5-2)16(21-17)9-8-12-6-7-14(19-3)10-13(12)11-16/h6-7,10H,4-5,8-9,11H2,1-3H3. The molecule has 0 radical (unpaired) electrons. The van der Waals surface area contributed by atoms with E-state index < -0.39 is 5.60 Å². The number of hydrogen-bond acceptors (Lipinski definition) is 4. The molecule has 0 aromatic heterocycles. The molecule has 21 heavy (non-hydrogen) atoms. The lowest BCUT2D eigenvalue weighted by Crippen LogP contribution is -2.38. The average molecular weight is 290 g/mol. The van der Waals surface area contributed by atoms with Gasteiger partial charge < -0.3 is 14.2 Å². The van der Waals surface area contributed by atoms with Crippen LogP contribution < -0.4 is 4.74 Å². The number of carbonyl (C=O) groups excluding carboxylic acids is 1. The van der Waals surface area contributed by atoms with Gasteiger partial charge >= 0.3 is 5.97 Å². The van der Waals surface area contributed by atoms with Crippen molar-refractivity contribution in [3.8, 4) is 5.75 Å². The molecular weight excluding hydrogens is 268 g/mol. The number of benzene rings is 1. The first-order valence-electron chi connectivity index (χ1n) is 7.64. The Bertz CT molecular complexity index is 568. The van der Waals surface area contributed by atoms with E-state index in [0.717, 1.165) is 25.0 Å². The fourth-order valence-electron chi connectivity index (χ4n) is 3.62. The normalized spacial score (nSPS) is 29.9. The van der Waals surface area contributed by atoms with Crippen LogP contribution in [0, 0.1) is 0 Å². The van der Waals surface area contributed by atoms with Gasteiger partial charge in [-0.1, -0.05) is 13.0 Å². The van der Waals surface area contributed by atoms with E-state index in [1.807, 2.05) is 19.9 Å². The predicted octanol–water partition coefficient (Wildman–Crippen LogP) is 2.66. The molecule has 4 heteroatoms. The zero-order valence-corrected chi connectivity index (χ0v) is 12.9. The molecule has 2 atom stereocenters. The Morgan fingerprint density at radius 3 is 2.81 bits per heavy atom. The van der Waals surface area contributed by atoms with Crippen molar-refractivity contribution in [2.75, 3.05) is 13.7 Å². The molecule has 1 aliphatic carbocycles. The van der Waals surface area contributed by atoms with Crippen molar-refractivity contribution in [2.45, 2.75) is 50.7 Å². The van der Waals surface area contributed by atoms with Crippen LogP contribution >= 0.6 is 0 Å². The van der Waals surface area contributed by atoms with Crippen LogP contribution in [0.2, 0.25) is 0 Å². The van der Waals surface area contributed by atoms with Crippen LogP contribution in [0.15, 0.2) is 18.2 Å². The molecule has 1 spiro atoms. The number of ether oxygens (including phenoxy) is 3. The minimum atomic E-state index is -0.746. The summed E-state index contributed by atoms with van der Waals surface area (Å²) in [5.41, 5.74) is 1.42. The Hall–Kier alpha value is -1.55. The van der Waals surface area contributed by atoms with Gasteiger partial charge in [0.05, 0.1) is 13.7 Å². The van der Waals surface area contributed by atoms with Gasteiger partial charge in [0.25, 0.3) is 0 Å². The minimum Gasteiger partial charge on any atom is -0.497 e. The molecule has 1 aliphatic heterocycles. The van der Waals surface area contributed by atoms with Gasteiger partial charge in [-0.05, 0) is 49.4 Å². The van der Waals surface area contributed by atoms with Crippen LogP contribution in [-0.2, 0) is 27.1 Å². The van der Waals surface area contributed by atoms with Crippen molar-refractivity contribution in [3.63, 3.8) is 0 Å². The second-order valence-corrected chi connectivity index (χ2v) is 5.81. The molecule has 1 fully saturated rings. The minimum absolute atomic E-state index is 0.209. The number of epoxide rings is 1. The lowest BCUT2D eigenvalue weighted by molar-refractivity contribution is -0.149. The molecule has 1 aromatic rings. The molecule has 2 aliphatic rings.